The van der Waals surface area contributed by atoms with Crippen molar-refractivity contribution in [2.45, 2.75) is 52.3 Å². The van der Waals surface area contributed by atoms with E-state index in [-0.39, 0.29) is 29.2 Å². The zero-order valence-corrected chi connectivity index (χ0v) is 19.4. The Morgan fingerprint density at radius 2 is 1.69 bits per heavy atom. The van der Waals surface area contributed by atoms with Gasteiger partial charge in [0.25, 0.3) is 17.7 Å². The van der Waals surface area contributed by atoms with Gasteiger partial charge in [0.2, 0.25) is 0 Å². The minimum atomic E-state index is -3.19. The number of ether oxygens (including phenoxy) is 1. The minimum absolute atomic E-state index is 0.0186. The zero-order valence-electron chi connectivity index (χ0n) is 18.6. The van der Waals surface area contributed by atoms with Gasteiger partial charge in [-0.1, -0.05) is 26.0 Å². The van der Waals surface area contributed by atoms with Gasteiger partial charge in [-0.05, 0) is 38.3 Å². The van der Waals surface area contributed by atoms with Gasteiger partial charge in [-0.15, -0.1) is 0 Å². The fraction of sp³-hybridized carbons (Fsp3) is 0.545. The number of likely N-dealkylation sites (N-methyl/N-ethyl adjacent to an activating group) is 1. The van der Waals surface area contributed by atoms with Gasteiger partial charge >= 0.3 is 5.97 Å². The van der Waals surface area contributed by atoms with Crippen molar-refractivity contribution in [1.29, 1.82) is 0 Å². The second-order valence-corrected chi connectivity index (χ2v) is 10.7. The predicted molar refractivity (Wildman–Crippen MR) is 116 cm³/mol. The standard InChI is InChI=1S/C22H28N2O7S/c1-5-23(15-10-11-32(29,30)12-15)19(25)14(4)31-22(28)18(13(2)3)24-20(26)16-8-6-7-9-17(16)21(24)27/h6-9,13-15,18H,5,10-12H2,1-4H3. The first-order chi connectivity index (χ1) is 15.0. The smallest absolute Gasteiger partial charge is 0.330 e. The summed E-state index contributed by atoms with van der Waals surface area (Å²) in [6, 6.07) is 4.67. The fourth-order valence-electron chi connectivity index (χ4n) is 4.28. The molecule has 1 fully saturated rings. The third-order valence-corrected chi connectivity index (χ3v) is 7.64. The number of imide groups is 1. The maximum Gasteiger partial charge on any atom is 0.330 e. The van der Waals surface area contributed by atoms with Crippen LogP contribution in [-0.4, -0.2) is 78.1 Å². The van der Waals surface area contributed by atoms with Gasteiger partial charge in [-0.2, -0.15) is 0 Å². The summed E-state index contributed by atoms with van der Waals surface area (Å²) in [5.74, 6) is -3.06. The van der Waals surface area contributed by atoms with E-state index in [0.717, 1.165) is 4.90 Å². The predicted octanol–water partition coefficient (Wildman–Crippen LogP) is 1.27. The highest BCUT2D eigenvalue weighted by Crippen LogP contribution is 2.28. The molecule has 2 aliphatic rings. The Labute approximate surface area is 187 Å². The summed E-state index contributed by atoms with van der Waals surface area (Å²) in [5.41, 5.74) is 0.444. The Balaban J connectivity index is 1.76. The molecule has 10 heteroatoms. The first-order valence-corrected chi connectivity index (χ1v) is 12.5. The van der Waals surface area contributed by atoms with E-state index >= 15 is 0 Å². The van der Waals surface area contributed by atoms with Gasteiger partial charge in [0.05, 0.1) is 22.6 Å². The van der Waals surface area contributed by atoms with E-state index in [0.29, 0.717) is 6.42 Å². The molecule has 2 aliphatic heterocycles. The van der Waals surface area contributed by atoms with Gasteiger partial charge < -0.3 is 9.64 Å². The average molecular weight is 465 g/mol. The van der Waals surface area contributed by atoms with Crippen LogP contribution in [0.3, 0.4) is 0 Å². The van der Waals surface area contributed by atoms with E-state index in [1.807, 2.05) is 0 Å². The SMILES string of the molecule is CCN(C(=O)C(C)OC(=O)C(C(C)C)N1C(=O)c2ccccc2C1=O)C1CCS(=O)(=O)C1. The summed E-state index contributed by atoms with van der Waals surface area (Å²) in [6.45, 7) is 6.78. The van der Waals surface area contributed by atoms with Crippen LogP contribution in [0, 0.1) is 5.92 Å². The Bertz CT molecular complexity index is 1020. The first kappa shape index (κ1) is 23.9. The second-order valence-electron chi connectivity index (χ2n) is 8.47. The maximum absolute atomic E-state index is 13.0. The van der Waals surface area contributed by atoms with Crippen molar-refractivity contribution in [1.82, 2.24) is 9.80 Å². The maximum atomic E-state index is 13.0. The van der Waals surface area contributed by atoms with Gasteiger partial charge in [-0.25, -0.2) is 13.2 Å². The molecule has 2 heterocycles. The molecule has 0 saturated carbocycles. The number of hydrogen-bond acceptors (Lipinski definition) is 7. The van der Waals surface area contributed by atoms with Crippen molar-refractivity contribution in [2.75, 3.05) is 18.1 Å². The molecule has 0 N–H and O–H groups in total. The fourth-order valence-corrected chi connectivity index (χ4v) is 6.01. The summed E-state index contributed by atoms with van der Waals surface area (Å²) < 4.78 is 29.0. The molecular formula is C22H28N2O7S. The van der Waals surface area contributed by atoms with Gasteiger partial charge in [0.1, 0.15) is 6.04 Å². The highest BCUT2D eigenvalue weighted by Gasteiger charge is 2.45. The van der Waals surface area contributed by atoms with Crippen LogP contribution >= 0.6 is 0 Å². The number of fused-ring (bicyclic) bond motifs is 1. The number of nitrogens with zero attached hydrogens (tertiary/aromatic N) is 2. The first-order valence-electron chi connectivity index (χ1n) is 10.7. The summed E-state index contributed by atoms with van der Waals surface area (Å²) in [6.07, 6.45) is -0.853. The monoisotopic (exact) mass is 464 g/mol. The van der Waals surface area contributed by atoms with E-state index < -0.39 is 57.6 Å². The van der Waals surface area contributed by atoms with Crippen LogP contribution in [0.1, 0.15) is 54.8 Å². The average Bonchev–Trinajstić information content (AvgIpc) is 3.20. The Hall–Kier alpha value is -2.75. The van der Waals surface area contributed by atoms with E-state index in [1.54, 1.807) is 32.9 Å². The lowest BCUT2D eigenvalue weighted by molar-refractivity contribution is -0.164. The number of carbonyl (C=O) groups is 4. The molecule has 1 aromatic carbocycles. The van der Waals surface area contributed by atoms with E-state index in [2.05, 4.69) is 0 Å². The molecule has 9 nitrogen and oxygen atoms in total. The van der Waals surface area contributed by atoms with Crippen LogP contribution in [0.4, 0.5) is 0 Å². The number of hydrogen-bond donors (Lipinski definition) is 0. The number of rotatable bonds is 7. The Kier molecular flexibility index (Phi) is 6.73. The molecule has 1 aromatic rings. The molecule has 3 atom stereocenters. The third kappa shape index (κ3) is 4.41. The number of sulfone groups is 1. The molecule has 0 aromatic heterocycles. The normalized spacial score (nSPS) is 21.4. The van der Waals surface area contributed by atoms with Gasteiger partial charge in [0.15, 0.2) is 15.9 Å². The van der Waals surface area contributed by atoms with Crippen molar-refractivity contribution in [3.8, 4) is 0 Å². The van der Waals surface area contributed by atoms with Crippen LogP contribution in [-0.2, 0) is 24.2 Å². The molecule has 3 amide bonds. The molecule has 1 saturated heterocycles. The number of benzene rings is 1. The minimum Gasteiger partial charge on any atom is -0.451 e. The molecular weight excluding hydrogens is 436 g/mol. The van der Waals surface area contributed by atoms with Crippen LogP contribution in [0.5, 0.6) is 0 Å². The lowest BCUT2D eigenvalue weighted by atomic mass is 10.0. The summed E-state index contributed by atoms with van der Waals surface area (Å²) >= 11 is 0. The highest BCUT2D eigenvalue weighted by atomic mass is 32.2. The molecule has 3 unspecified atom stereocenters. The van der Waals surface area contributed by atoms with E-state index in [4.69, 9.17) is 4.74 Å². The second kappa shape index (κ2) is 9.01. The Morgan fingerprint density at radius 1 is 1.12 bits per heavy atom. The largest absolute Gasteiger partial charge is 0.451 e. The van der Waals surface area contributed by atoms with Crippen molar-refractivity contribution >= 4 is 33.5 Å². The summed E-state index contributed by atoms with van der Waals surface area (Å²) in [7, 11) is -3.19. The summed E-state index contributed by atoms with van der Waals surface area (Å²) in [5, 5.41) is 0. The molecule has 0 aliphatic carbocycles. The topological polar surface area (TPSA) is 118 Å². The number of esters is 1. The van der Waals surface area contributed by atoms with Gasteiger partial charge in [0, 0.05) is 12.6 Å². The molecule has 32 heavy (non-hydrogen) atoms. The van der Waals surface area contributed by atoms with Crippen molar-refractivity contribution in [3.63, 3.8) is 0 Å². The molecule has 0 bridgehead atoms. The summed E-state index contributed by atoms with van der Waals surface area (Å²) in [4.78, 5) is 53.9. The van der Waals surface area contributed by atoms with Crippen molar-refractivity contribution in [2.24, 2.45) is 5.92 Å². The van der Waals surface area contributed by atoms with Crippen LogP contribution in [0.25, 0.3) is 0 Å². The van der Waals surface area contributed by atoms with E-state index in [9.17, 15) is 27.6 Å². The van der Waals surface area contributed by atoms with Crippen LogP contribution in [0.2, 0.25) is 0 Å². The molecule has 0 radical (unpaired) electrons. The zero-order chi connectivity index (χ0) is 23.8. The number of amides is 3. The Morgan fingerprint density at radius 3 is 2.12 bits per heavy atom. The highest BCUT2D eigenvalue weighted by molar-refractivity contribution is 7.91. The van der Waals surface area contributed by atoms with Crippen molar-refractivity contribution in [3.05, 3.63) is 35.4 Å². The molecule has 174 valence electrons. The molecule has 3 rings (SSSR count). The molecule has 0 spiro atoms. The quantitative estimate of drug-likeness (QED) is 0.440. The lowest BCUT2D eigenvalue weighted by Gasteiger charge is -2.31. The van der Waals surface area contributed by atoms with Crippen LogP contribution in [0.15, 0.2) is 24.3 Å². The van der Waals surface area contributed by atoms with Crippen LogP contribution < -0.4 is 0 Å². The number of carbonyl (C=O) groups excluding carboxylic acids is 4. The lowest BCUT2D eigenvalue weighted by Crippen LogP contribution is -2.51. The van der Waals surface area contributed by atoms with Crippen molar-refractivity contribution < 1.29 is 32.3 Å². The van der Waals surface area contributed by atoms with Gasteiger partial charge in [-0.3, -0.25) is 19.3 Å². The van der Waals surface area contributed by atoms with E-state index in [1.165, 1.54) is 24.0 Å². The third-order valence-electron chi connectivity index (χ3n) is 5.89.